The average Bonchev–Trinajstić information content (AvgIpc) is 2.27. The van der Waals surface area contributed by atoms with Gasteiger partial charge in [-0.3, -0.25) is 9.78 Å². The largest absolute Gasteiger partial charge is 0.355 e. The molecule has 0 atom stereocenters. The number of carbonyl (C=O) groups is 1. The molecule has 0 aliphatic rings. The fourth-order valence-corrected chi connectivity index (χ4v) is 1.31. The van der Waals surface area contributed by atoms with E-state index in [2.05, 4.69) is 10.3 Å². The topological polar surface area (TPSA) is 45.2 Å². The molecule has 0 radical (unpaired) electrons. The molecule has 0 bridgehead atoms. The van der Waals surface area contributed by atoms with E-state index in [1.165, 1.54) is 0 Å². The summed E-state index contributed by atoms with van der Waals surface area (Å²) < 4.78 is 0. The number of aryl methyl sites for hydroxylation is 1. The normalized spacial score (nSPS) is 10.4. The summed E-state index contributed by atoms with van der Waals surface area (Å²) in [7, 11) is 3.98. The van der Waals surface area contributed by atoms with Crippen LogP contribution in [0.1, 0.15) is 12.0 Å². The first-order chi connectivity index (χ1) is 7.68. The summed E-state index contributed by atoms with van der Waals surface area (Å²) in [6.45, 7) is 1.58. The molecule has 1 aromatic heterocycles. The molecule has 1 aromatic rings. The van der Waals surface area contributed by atoms with Gasteiger partial charge in [-0.25, -0.2) is 0 Å². The zero-order valence-corrected chi connectivity index (χ0v) is 9.94. The Kier molecular flexibility index (Phi) is 5.50. The zero-order valence-electron chi connectivity index (χ0n) is 9.94. The molecule has 0 fully saturated rings. The average molecular weight is 221 g/mol. The second kappa shape index (κ2) is 6.95. The Morgan fingerprint density at radius 1 is 1.50 bits per heavy atom. The first-order valence-electron chi connectivity index (χ1n) is 5.49. The maximum Gasteiger partial charge on any atom is 0.220 e. The molecule has 16 heavy (non-hydrogen) atoms. The van der Waals surface area contributed by atoms with Crippen molar-refractivity contribution in [2.24, 2.45) is 0 Å². The van der Waals surface area contributed by atoms with Crippen molar-refractivity contribution >= 4 is 5.91 Å². The van der Waals surface area contributed by atoms with Crippen LogP contribution >= 0.6 is 0 Å². The highest BCUT2D eigenvalue weighted by atomic mass is 16.1. The molecule has 0 aliphatic carbocycles. The Morgan fingerprint density at radius 3 is 2.94 bits per heavy atom. The SMILES string of the molecule is CN(C)CCNC(=O)CCc1cccnc1. The van der Waals surface area contributed by atoms with Crippen LogP contribution in [0.2, 0.25) is 0 Å². The van der Waals surface area contributed by atoms with Crippen molar-refractivity contribution in [3.05, 3.63) is 30.1 Å². The van der Waals surface area contributed by atoms with Gasteiger partial charge in [0.05, 0.1) is 0 Å². The third kappa shape index (κ3) is 5.46. The smallest absolute Gasteiger partial charge is 0.220 e. The summed E-state index contributed by atoms with van der Waals surface area (Å²) >= 11 is 0. The van der Waals surface area contributed by atoms with Gasteiger partial charge in [-0.2, -0.15) is 0 Å². The van der Waals surface area contributed by atoms with E-state index in [-0.39, 0.29) is 5.91 Å². The lowest BCUT2D eigenvalue weighted by Crippen LogP contribution is -2.31. The molecule has 88 valence electrons. The van der Waals surface area contributed by atoms with Crippen LogP contribution in [-0.2, 0) is 11.2 Å². The van der Waals surface area contributed by atoms with Gasteiger partial charge in [0.2, 0.25) is 5.91 Å². The van der Waals surface area contributed by atoms with E-state index in [1.807, 2.05) is 31.1 Å². The summed E-state index contributed by atoms with van der Waals surface area (Å²) in [4.78, 5) is 17.5. The summed E-state index contributed by atoms with van der Waals surface area (Å²) in [5.74, 6) is 0.103. The number of aromatic nitrogens is 1. The second-order valence-corrected chi connectivity index (χ2v) is 4.01. The van der Waals surface area contributed by atoms with E-state index in [1.54, 1.807) is 12.4 Å². The standard InChI is InChI=1S/C12H19N3O/c1-15(2)9-8-14-12(16)6-5-11-4-3-7-13-10-11/h3-4,7,10H,5-6,8-9H2,1-2H3,(H,14,16). The first-order valence-corrected chi connectivity index (χ1v) is 5.49. The van der Waals surface area contributed by atoms with Crippen LogP contribution in [0.3, 0.4) is 0 Å². The molecule has 4 nitrogen and oxygen atoms in total. The number of hydrogen-bond acceptors (Lipinski definition) is 3. The molecule has 0 saturated carbocycles. The van der Waals surface area contributed by atoms with E-state index in [0.29, 0.717) is 13.0 Å². The summed E-state index contributed by atoms with van der Waals surface area (Å²) in [5.41, 5.74) is 1.10. The van der Waals surface area contributed by atoms with Gasteiger partial charge in [-0.05, 0) is 32.1 Å². The van der Waals surface area contributed by atoms with Crippen LogP contribution in [0, 0.1) is 0 Å². The molecule has 1 rings (SSSR count). The van der Waals surface area contributed by atoms with Gasteiger partial charge in [-0.15, -0.1) is 0 Å². The number of amides is 1. The van der Waals surface area contributed by atoms with Crippen molar-refractivity contribution in [2.45, 2.75) is 12.8 Å². The van der Waals surface area contributed by atoms with Crippen LogP contribution in [0.15, 0.2) is 24.5 Å². The fraction of sp³-hybridized carbons (Fsp3) is 0.500. The summed E-state index contributed by atoms with van der Waals surface area (Å²) in [6.07, 6.45) is 4.81. The first kappa shape index (κ1) is 12.6. The van der Waals surface area contributed by atoms with Crippen LogP contribution in [0.5, 0.6) is 0 Å². The third-order valence-electron chi connectivity index (χ3n) is 2.24. The van der Waals surface area contributed by atoms with Gasteiger partial charge in [0.25, 0.3) is 0 Å². The van der Waals surface area contributed by atoms with E-state index in [9.17, 15) is 4.79 Å². The fourth-order valence-electron chi connectivity index (χ4n) is 1.31. The third-order valence-corrected chi connectivity index (χ3v) is 2.24. The number of carbonyl (C=O) groups excluding carboxylic acids is 1. The molecule has 1 amide bonds. The quantitative estimate of drug-likeness (QED) is 0.769. The maximum atomic E-state index is 11.4. The number of likely N-dealkylation sites (N-methyl/N-ethyl adjacent to an activating group) is 1. The molecule has 0 aromatic carbocycles. The number of pyridine rings is 1. The lowest BCUT2D eigenvalue weighted by molar-refractivity contribution is -0.121. The van der Waals surface area contributed by atoms with E-state index in [0.717, 1.165) is 18.5 Å². The number of nitrogens with one attached hydrogen (secondary N) is 1. The van der Waals surface area contributed by atoms with Crippen LogP contribution in [0.25, 0.3) is 0 Å². The number of hydrogen-bond donors (Lipinski definition) is 1. The summed E-state index contributed by atoms with van der Waals surface area (Å²) in [6, 6.07) is 3.87. The molecule has 4 heteroatoms. The van der Waals surface area contributed by atoms with E-state index >= 15 is 0 Å². The maximum absolute atomic E-state index is 11.4. The predicted octanol–water partition coefficient (Wildman–Crippen LogP) is 0.692. The van der Waals surface area contributed by atoms with Crippen molar-refractivity contribution < 1.29 is 4.79 Å². The molecule has 1 heterocycles. The molecular weight excluding hydrogens is 202 g/mol. The monoisotopic (exact) mass is 221 g/mol. The second-order valence-electron chi connectivity index (χ2n) is 4.01. The van der Waals surface area contributed by atoms with Gasteiger partial charge in [0.15, 0.2) is 0 Å². The van der Waals surface area contributed by atoms with Gasteiger partial charge in [0.1, 0.15) is 0 Å². The highest BCUT2D eigenvalue weighted by molar-refractivity contribution is 5.76. The minimum Gasteiger partial charge on any atom is -0.355 e. The minimum atomic E-state index is 0.103. The molecule has 0 aliphatic heterocycles. The molecular formula is C12H19N3O. The van der Waals surface area contributed by atoms with Crippen molar-refractivity contribution in [3.8, 4) is 0 Å². The predicted molar refractivity (Wildman–Crippen MR) is 64.1 cm³/mol. The van der Waals surface area contributed by atoms with Crippen molar-refractivity contribution in [1.82, 2.24) is 15.2 Å². The van der Waals surface area contributed by atoms with Gasteiger partial charge in [0, 0.05) is 31.9 Å². The van der Waals surface area contributed by atoms with Gasteiger partial charge >= 0.3 is 0 Å². The molecule has 0 saturated heterocycles. The molecule has 0 spiro atoms. The Morgan fingerprint density at radius 2 is 2.31 bits per heavy atom. The van der Waals surface area contributed by atoms with Crippen molar-refractivity contribution in [1.29, 1.82) is 0 Å². The lowest BCUT2D eigenvalue weighted by Gasteiger charge is -2.10. The van der Waals surface area contributed by atoms with E-state index in [4.69, 9.17) is 0 Å². The lowest BCUT2D eigenvalue weighted by atomic mass is 10.1. The van der Waals surface area contributed by atoms with Gasteiger partial charge < -0.3 is 10.2 Å². The van der Waals surface area contributed by atoms with Crippen LogP contribution in [-0.4, -0.2) is 43.0 Å². The Labute approximate surface area is 96.7 Å². The van der Waals surface area contributed by atoms with Crippen molar-refractivity contribution in [3.63, 3.8) is 0 Å². The highest BCUT2D eigenvalue weighted by Crippen LogP contribution is 1.99. The van der Waals surface area contributed by atoms with Crippen LogP contribution < -0.4 is 5.32 Å². The molecule has 1 N–H and O–H groups in total. The Bertz CT molecular complexity index is 311. The van der Waals surface area contributed by atoms with Crippen molar-refractivity contribution in [2.75, 3.05) is 27.2 Å². The highest BCUT2D eigenvalue weighted by Gasteiger charge is 2.01. The molecule has 0 unspecified atom stereocenters. The van der Waals surface area contributed by atoms with Gasteiger partial charge in [-0.1, -0.05) is 6.07 Å². The van der Waals surface area contributed by atoms with E-state index < -0.39 is 0 Å². The van der Waals surface area contributed by atoms with Crippen LogP contribution in [0.4, 0.5) is 0 Å². The number of rotatable bonds is 6. The Hall–Kier alpha value is -1.42. The minimum absolute atomic E-state index is 0.103. The summed E-state index contributed by atoms with van der Waals surface area (Å²) in [5, 5.41) is 2.88. The Balaban J connectivity index is 2.16. The number of nitrogens with zero attached hydrogens (tertiary/aromatic N) is 2. The zero-order chi connectivity index (χ0) is 11.8.